The minimum absolute atomic E-state index is 0.0385. The van der Waals surface area contributed by atoms with Gasteiger partial charge in [-0.15, -0.1) is 0 Å². The Kier molecular flexibility index (Phi) is 5.29. The quantitative estimate of drug-likeness (QED) is 0.831. The average molecular weight is 242 g/mol. The van der Waals surface area contributed by atoms with Gasteiger partial charge in [0.25, 0.3) is 0 Å². The van der Waals surface area contributed by atoms with E-state index < -0.39 is 0 Å². The summed E-state index contributed by atoms with van der Waals surface area (Å²) in [7, 11) is 0. The summed E-state index contributed by atoms with van der Waals surface area (Å²) in [5.41, 5.74) is 1.02. The Morgan fingerprint density at radius 2 is 2.06 bits per heavy atom. The van der Waals surface area contributed by atoms with Crippen molar-refractivity contribution in [1.82, 2.24) is 5.32 Å². The van der Waals surface area contributed by atoms with Crippen LogP contribution in [0.4, 0.5) is 0 Å². The molecule has 0 aliphatic rings. The van der Waals surface area contributed by atoms with Gasteiger partial charge in [-0.25, -0.2) is 0 Å². The second kappa shape index (κ2) is 6.51. The molecule has 3 nitrogen and oxygen atoms in total. The number of hydrogen-bond acceptors (Lipinski definition) is 2. The fourth-order valence-corrected chi connectivity index (χ4v) is 1.51. The van der Waals surface area contributed by atoms with E-state index in [2.05, 4.69) is 5.32 Å². The summed E-state index contributed by atoms with van der Waals surface area (Å²) in [6, 6.07) is 7.34. The van der Waals surface area contributed by atoms with Gasteiger partial charge >= 0.3 is 0 Å². The molecule has 0 aliphatic heterocycles. The predicted molar refractivity (Wildman–Crippen MR) is 64.3 cm³/mol. The number of aliphatic hydroxyl groups excluding tert-OH is 1. The summed E-state index contributed by atoms with van der Waals surface area (Å²) >= 11 is 5.78. The molecular weight excluding hydrogens is 226 g/mol. The van der Waals surface area contributed by atoms with Gasteiger partial charge in [-0.2, -0.15) is 0 Å². The van der Waals surface area contributed by atoms with Gasteiger partial charge in [0.2, 0.25) is 5.91 Å². The first-order chi connectivity index (χ1) is 7.63. The Morgan fingerprint density at radius 1 is 1.44 bits per heavy atom. The molecule has 0 aliphatic carbocycles. The number of halogens is 1. The molecule has 0 spiro atoms. The first-order valence-electron chi connectivity index (χ1n) is 5.29. The summed E-state index contributed by atoms with van der Waals surface area (Å²) in [5, 5.41) is 12.1. The van der Waals surface area contributed by atoms with E-state index in [0.717, 1.165) is 5.56 Å². The average Bonchev–Trinajstić information content (AvgIpc) is 2.27. The maximum Gasteiger partial charge on any atom is 0.220 e. The number of carbonyl (C=O) groups excluding carboxylic acids is 1. The van der Waals surface area contributed by atoms with Crippen molar-refractivity contribution in [3.05, 3.63) is 34.9 Å². The molecule has 0 unspecified atom stereocenters. The molecule has 0 radical (unpaired) electrons. The van der Waals surface area contributed by atoms with Gasteiger partial charge in [0.05, 0.1) is 6.04 Å². The second-order valence-electron chi connectivity index (χ2n) is 3.67. The van der Waals surface area contributed by atoms with Crippen molar-refractivity contribution in [2.75, 3.05) is 6.61 Å². The van der Waals surface area contributed by atoms with E-state index in [-0.39, 0.29) is 18.6 Å². The van der Waals surface area contributed by atoms with E-state index in [1.807, 2.05) is 19.1 Å². The molecule has 0 saturated heterocycles. The van der Waals surface area contributed by atoms with Crippen LogP contribution >= 0.6 is 11.6 Å². The molecule has 1 amide bonds. The monoisotopic (exact) mass is 241 g/mol. The zero-order chi connectivity index (χ0) is 12.0. The first kappa shape index (κ1) is 13.0. The molecule has 88 valence electrons. The predicted octanol–water partition coefficient (Wildman–Crippen LogP) is 2.29. The van der Waals surface area contributed by atoms with Crippen molar-refractivity contribution >= 4 is 17.5 Å². The van der Waals surface area contributed by atoms with Crippen molar-refractivity contribution < 1.29 is 9.90 Å². The molecule has 2 N–H and O–H groups in total. The number of amides is 1. The number of aliphatic hydroxyl groups is 1. The molecule has 0 aromatic heterocycles. The molecule has 4 heteroatoms. The Morgan fingerprint density at radius 3 is 2.62 bits per heavy atom. The molecule has 16 heavy (non-hydrogen) atoms. The normalized spacial score (nSPS) is 12.2. The van der Waals surface area contributed by atoms with Crippen molar-refractivity contribution in [2.24, 2.45) is 0 Å². The van der Waals surface area contributed by atoms with Crippen LogP contribution in [0.15, 0.2) is 24.3 Å². The summed E-state index contributed by atoms with van der Waals surface area (Å²) in [6.45, 7) is 1.96. The van der Waals surface area contributed by atoms with Gasteiger partial charge in [-0.3, -0.25) is 4.79 Å². The van der Waals surface area contributed by atoms with Crippen LogP contribution in [0.25, 0.3) is 0 Å². The SMILES string of the molecule is C[C@@H](NC(=O)CCCO)c1ccc(Cl)cc1. The molecular formula is C12H16ClNO2. The topological polar surface area (TPSA) is 49.3 Å². The van der Waals surface area contributed by atoms with Crippen LogP contribution in [0.1, 0.15) is 31.4 Å². The molecule has 0 saturated carbocycles. The Bertz CT molecular complexity index is 337. The largest absolute Gasteiger partial charge is 0.396 e. The maximum absolute atomic E-state index is 11.4. The van der Waals surface area contributed by atoms with Crippen molar-refractivity contribution in [3.8, 4) is 0 Å². The van der Waals surface area contributed by atoms with Crippen LogP contribution in [0.5, 0.6) is 0 Å². The Hall–Kier alpha value is -1.06. The fourth-order valence-electron chi connectivity index (χ4n) is 1.39. The van der Waals surface area contributed by atoms with Crippen LogP contribution in [0, 0.1) is 0 Å². The van der Waals surface area contributed by atoms with Crippen molar-refractivity contribution in [2.45, 2.75) is 25.8 Å². The molecule has 0 heterocycles. The lowest BCUT2D eigenvalue weighted by Gasteiger charge is -2.14. The van der Waals surface area contributed by atoms with Crippen LogP contribution in [0.2, 0.25) is 5.02 Å². The highest BCUT2D eigenvalue weighted by Gasteiger charge is 2.08. The number of rotatable bonds is 5. The zero-order valence-electron chi connectivity index (χ0n) is 9.24. The number of hydrogen-bond donors (Lipinski definition) is 2. The highest BCUT2D eigenvalue weighted by atomic mass is 35.5. The van der Waals surface area contributed by atoms with Crippen LogP contribution < -0.4 is 5.32 Å². The van der Waals surface area contributed by atoms with E-state index in [4.69, 9.17) is 16.7 Å². The minimum atomic E-state index is -0.0449. The van der Waals surface area contributed by atoms with Gasteiger partial charge in [-0.1, -0.05) is 23.7 Å². The molecule has 1 aromatic rings. The van der Waals surface area contributed by atoms with Gasteiger partial charge in [0.1, 0.15) is 0 Å². The standard InChI is InChI=1S/C12H16ClNO2/c1-9(14-12(16)3-2-8-15)10-4-6-11(13)7-5-10/h4-7,9,15H,2-3,8H2,1H3,(H,14,16)/t9-/m1/s1. The molecule has 1 rings (SSSR count). The van der Waals surface area contributed by atoms with Gasteiger partial charge < -0.3 is 10.4 Å². The van der Waals surface area contributed by atoms with Gasteiger partial charge in [0, 0.05) is 18.1 Å². The van der Waals surface area contributed by atoms with Crippen molar-refractivity contribution in [3.63, 3.8) is 0 Å². The summed E-state index contributed by atoms with van der Waals surface area (Å²) in [5.74, 6) is -0.0449. The number of benzene rings is 1. The van der Waals surface area contributed by atoms with E-state index in [1.54, 1.807) is 12.1 Å². The molecule has 0 fully saturated rings. The second-order valence-corrected chi connectivity index (χ2v) is 4.10. The third-order valence-corrected chi connectivity index (χ3v) is 2.56. The molecule has 1 atom stereocenters. The van der Waals surface area contributed by atoms with Crippen LogP contribution in [-0.2, 0) is 4.79 Å². The van der Waals surface area contributed by atoms with E-state index >= 15 is 0 Å². The minimum Gasteiger partial charge on any atom is -0.396 e. The third kappa shape index (κ3) is 4.21. The Balaban J connectivity index is 2.48. The van der Waals surface area contributed by atoms with Crippen LogP contribution in [-0.4, -0.2) is 17.6 Å². The van der Waals surface area contributed by atoms with Crippen LogP contribution in [0.3, 0.4) is 0 Å². The van der Waals surface area contributed by atoms with E-state index in [1.165, 1.54) is 0 Å². The van der Waals surface area contributed by atoms with Gasteiger partial charge in [-0.05, 0) is 31.0 Å². The summed E-state index contributed by atoms with van der Waals surface area (Å²) in [4.78, 5) is 11.4. The van der Waals surface area contributed by atoms with Crippen molar-refractivity contribution in [1.29, 1.82) is 0 Å². The lowest BCUT2D eigenvalue weighted by Crippen LogP contribution is -2.26. The fraction of sp³-hybridized carbons (Fsp3) is 0.417. The lowest BCUT2D eigenvalue weighted by molar-refractivity contribution is -0.122. The zero-order valence-corrected chi connectivity index (χ0v) is 10.00. The number of nitrogens with one attached hydrogen (secondary N) is 1. The van der Waals surface area contributed by atoms with E-state index in [9.17, 15) is 4.79 Å². The summed E-state index contributed by atoms with van der Waals surface area (Å²) in [6.07, 6.45) is 0.855. The highest BCUT2D eigenvalue weighted by molar-refractivity contribution is 6.30. The smallest absolute Gasteiger partial charge is 0.220 e. The Labute approximate surface area is 100 Å². The number of carbonyl (C=O) groups is 1. The maximum atomic E-state index is 11.4. The highest BCUT2D eigenvalue weighted by Crippen LogP contribution is 2.16. The molecule has 0 bridgehead atoms. The van der Waals surface area contributed by atoms with Gasteiger partial charge in [0.15, 0.2) is 0 Å². The molecule has 1 aromatic carbocycles. The third-order valence-electron chi connectivity index (χ3n) is 2.31. The van der Waals surface area contributed by atoms with E-state index in [0.29, 0.717) is 17.9 Å². The summed E-state index contributed by atoms with van der Waals surface area (Å²) < 4.78 is 0. The first-order valence-corrected chi connectivity index (χ1v) is 5.67. The lowest BCUT2D eigenvalue weighted by atomic mass is 10.1.